The zero-order valence-electron chi connectivity index (χ0n) is 32.2. The topological polar surface area (TPSA) is 73.6 Å². The Bertz CT molecular complexity index is 1190. The van der Waals surface area contributed by atoms with Gasteiger partial charge < -0.3 is 14.8 Å². The number of halogens is 1. The molecule has 1 N–H and O–H groups in total. The predicted molar refractivity (Wildman–Crippen MR) is 216 cm³/mol. The number of fused-ring (bicyclic) bond motifs is 1. The largest absolute Gasteiger partial charge is 0.495 e. The summed E-state index contributed by atoms with van der Waals surface area (Å²) in [6, 6.07) is 7.83. The normalized spacial score (nSPS) is 13.3. The third-order valence-electron chi connectivity index (χ3n) is 6.94. The Morgan fingerprint density at radius 1 is 1.09 bits per heavy atom. The molecule has 47 heavy (non-hydrogen) atoms. The number of hydrogen-bond donors (Lipinski definition) is 1. The van der Waals surface area contributed by atoms with E-state index >= 15 is 0 Å². The lowest BCUT2D eigenvalue weighted by atomic mass is 10.1. The van der Waals surface area contributed by atoms with Gasteiger partial charge in [-0.1, -0.05) is 114 Å². The van der Waals surface area contributed by atoms with Crippen molar-refractivity contribution in [1.82, 2.24) is 24.0 Å². The minimum absolute atomic E-state index is 0.158. The molecule has 1 aliphatic carbocycles. The molecular formula is C37H68IN5O3S. The molecule has 0 spiro atoms. The molecule has 5 rings (SSSR count). The molecule has 1 aromatic carbocycles. The van der Waals surface area contributed by atoms with Gasteiger partial charge in [0.2, 0.25) is 0 Å². The Balaban J connectivity index is 0. The highest BCUT2D eigenvalue weighted by atomic mass is 127. The summed E-state index contributed by atoms with van der Waals surface area (Å²) in [6.07, 6.45) is 6.33. The zero-order chi connectivity index (χ0) is 36.4. The Labute approximate surface area is 304 Å². The molecule has 1 saturated carbocycles. The van der Waals surface area contributed by atoms with Gasteiger partial charge in [0.15, 0.2) is 5.69 Å². The van der Waals surface area contributed by atoms with E-state index in [1.807, 2.05) is 80.6 Å². The number of aromatic nitrogens is 3. The van der Waals surface area contributed by atoms with Crippen molar-refractivity contribution in [2.45, 2.75) is 102 Å². The number of carbonyl (C=O) groups is 1. The van der Waals surface area contributed by atoms with Crippen LogP contribution in [0.3, 0.4) is 0 Å². The summed E-state index contributed by atoms with van der Waals surface area (Å²) < 4.78 is 14.7. The lowest BCUT2D eigenvalue weighted by Crippen LogP contribution is -2.41. The summed E-state index contributed by atoms with van der Waals surface area (Å²) in [4.78, 5) is 14.9. The number of morpholine rings is 1. The second-order valence-corrected chi connectivity index (χ2v) is 12.2. The summed E-state index contributed by atoms with van der Waals surface area (Å²) in [5.41, 5.74) is 3.32. The average molecular weight is 790 g/mol. The quantitative estimate of drug-likeness (QED) is 0.229. The third-order valence-corrected chi connectivity index (χ3v) is 8.65. The van der Waals surface area contributed by atoms with Crippen LogP contribution in [0.4, 0.5) is 0 Å². The van der Waals surface area contributed by atoms with Crippen LogP contribution in [0.1, 0.15) is 113 Å². The SMILES string of the molecule is CC.CC.CC.CC.CC1CC1.CCC(C)C.COc1cccc2c(-c3cc(C(=O)NCCN4CCOCC4)nn3C)cn(SI)c12. The molecule has 2 aliphatic rings. The van der Waals surface area contributed by atoms with Crippen molar-refractivity contribution in [1.29, 1.82) is 0 Å². The van der Waals surface area contributed by atoms with Crippen LogP contribution in [0.2, 0.25) is 0 Å². The van der Waals surface area contributed by atoms with Crippen molar-refractivity contribution < 1.29 is 14.3 Å². The van der Waals surface area contributed by atoms with Gasteiger partial charge in [0.25, 0.3) is 5.91 Å². The average Bonchev–Trinajstić information content (AvgIpc) is 3.68. The summed E-state index contributed by atoms with van der Waals surface area (Å²) in [7, 11) is 5.11. The Morgan fingerprint density at radius 2 is 1.64 bits per heavy atom. The fourth-order valence-corrected chi connectivity index (χ4v) is 5.22. The molecule has 10 heteroatoms. The number of hydrogen-bond acceptors (Lipinski definition) is 6. The minimum Gasteiger partial charge on any atom is -0.495 e. The number of carbonyl (C=O) groups excluding carboxylic acids is 1. The van der Waals surface area contributed by atoms with Gasteiger partial charge in [-0.2, -0.15) is 5.10 Å². The number of amides is 1. The van der Waals surface area contributed by atoms with Crippen molar-refractivity contribution in [3.63, 3.8) is 0 Å². The van der Waals surface area contributed by atoms with Crippen LogP contribution in [0, 0.1) is 11.8 Å². The molecule has 8 nitrogen and oxygen atoms in total. The molecule has 1 amide bonds. The van der Waals surface area contributed by atoms with E-state index < -0.39 is 0 Å². The maximum Gasteiger partial charge on any atom is 0.271 e. The van der Waals surface area contributed by atoms with E-state index in [9.17, 15) is 4.79 Å². The first-order valence-electron chi connectivity index (χ1n) is 17.9. The maximum atomic E-state index is 12.6. The number of ether oxygens (including phenoxy) is 2. The molecule has 1 aliphatic heterocycles. The van der Waals surface area contributed by atoms with E-state index in [0.717, 1.165) is 72.6 Å². The molecule has 272 valence electrons. The van der Waals surface area contributed by atoms with Crippen LogP contribution in [-0.2, 0) is 11.8 Å². The highest BCUT2D eigenvalue weighted by Gasteiger charge is 2.20. The predicted octanol–water partition coefficient (Wildman–Crippen LogP) is 10.5. The van der Waals surface area contributed by atoms with Gasteiger partial charge in [0.1, 0.15) is 11.3 Å². The highest BCUT2D eigenvalue weighted by Crippen LogP contribution is 2.39. The minimum atomic E-state index is -0.158. The first kappa shape index (κ1) is 47.4. The van der Waals surface area contributed by atoms with Gasteiger partial charge in [0.05, 0.1) is 26.0 Å². The van der Waals surface area contributed by atoms with Crippen LogP contribution in [0.25, 0.3) is 22.2 Å². The van der Waals surface area contributed by atoms with Crippen molar-refractivity contribution >= 4 is 47.1 Å². The molecule has 2 aromatic heterocycles. The van der Waals surface area contributed by atoms with Crippen molar-refractivity contribution in [3.8, 4) is 17.0 Å². The van der Waals surface area contributed by atoms with Crippen LogP contribution in [-0.4, -0.2) is 71.1 Å². The number of benzene rings is 1. The summed E-state index contributed by atoms with van der Waals surface area (Å²) in [5, 5.41) is 8.50. The maximum absolute atomic E-state index is 12.6. The van der Waals surface area contributed by atoms with Gasteiger partial charge in [0, 0.05) is 80.7 Å². The number of rotatable bonds is 8. The number of para-hydroxylation sites is 1. The summed E-state index contributed by atoms with van der Waals surface area (Å²) in [6.45, 7) is 29.7. The molecule has 3 heterocycles. The molecule has 0 radical (unpaired) electrons. The van der Waals surface area contributed by atoms with Gasteiger partial charge in [-0.15, -0.1) is 0 Å². The zero-order valence-corrected chi connectivity index (χ0v) is 35.2. The van der Waals surface area contributed by atoms with E-state index in [2.05, 4.69) is 80.5 Å². The van der Waals surface area contributed by atoms with Crippen LogP contribution >= 0.6 is 30.3 Å². The summed E-state index contributed by atoms with van der Waals surface area (Å²) in [5.74, 6) is 2.62. The van der Waals surface area contributed by atoms with Crippen LogP contribution < -0.4 is 10.1 Å². The van der Waals surface area contributed by atoms with Crippen molar-refractivity contribution in [3.05, 3.63) is 36.2 Å². The number of aryl methyl sites for hydroxylation is 1. The lowest BCUT2D eigenvalue weighted by molar-refractivity contribution is 0.0383. The summed E-state index contributed by atoms with van der Waals surface area (Å²) >= 11 is 2.25. The van der Waals surface area contributed by atoms with Crippen molar-refractivity contribution in [2.75, 3.05) is 46.5 Å². The molecule has 0 bridgehead atoms. The fraction of sp³-hybridized carbons (Fsp3) is 0.676. The first-order chi connectivity index (χ1) is 22.8. The number of nitrogens with zero attached hydrogens (tertiary/aromatic N) is 4. The van der Waals surface area contributed by atoms with E-state index in [1.54, 1.807) is 20.9 Å². The van der Waals surface area contributed by atoms with Gasteiger partial charge >= 0.3 is 0 Å². The van der Waals surface area contributed by atoms with Crippen LogP contribution in [0.15, 0.2) is 30.5 Å². The van der Waals surface area contributed by atoms with Gasteiger partial charge in [-0.25, -0.2) is 0 Å². The monoisotopic (exact) mass is 789 g/mol. The standard InChI is InChI=1S/C20H24IN5O3S.C5H12.C4H8.4C2H6/c1-24-17(15-13-26(30-21)19-14(15)4-3-5-18(19)28-2)12-16(23-24)20(27)22-6-7-25-8-10-29-11-9-25;1-4-5(2)3;1-4-2-3-4;4*1-2/h3-5,12-13H,6-11H2,1-2H3,(H,22,27);5H,4H2,1-3H3;4H,2-3H2,1H3;4*1-2H3. The molecule has 0 atom stereocenters. The molecule has 1 saturated heterocycles. The van der Waals surface area contributed by atoms with E-state index in [4.69, 9.17) is 9.47 Å². The second kappa shape index (κ2) is 29.2. The van der Waals surface area contributed by atoms with Gasteiger partial charge in [-0.05, 0) is 24.0 Å². The third kappa shape index (κ3) is 17.5. The van der Waals surface area contributed by atoms with E-state index in [0.29, 0.717) is 12.2 Å². The highest BCUT2D eigenvalue weighted by molar-refractivity contribution is 14.2. The Morgan fingerprint density at radius 3 is 2.11 bits per heavy atom. The van der Waals surface area contributed by atoms with Gasteiger partial charge in [-0.3, -0.25) is 18.3 Å². The fourth-order valence-electron chi connectivity index (χ4n) is 3.88. The first-order valence-corrected chi connectivity index (χ1v) is 21.2. The molecule has 0 unspecified atom stereocenters. The molecule has 2 fully saturated rings. The smallest absolute Gasteiger partial charge is 0.271 e. The number of nitrogens with one attached hydrogen (secondary N) is 1. The van der Waals surface area contributed by atoms with E-state index in [-0.39, 0.29) is 5.91 Å². The number of methoxy groups -OCH3 is 1. The van der Waals surface area contributed by atoms with Crippen molar-refractivity contribution in [2.24, 2.45) is 18.9 Å². The Kier molecular flexibility index (Phi) is 29.4. The lowest BCUT2D eigenvalue weighted by Gasteiger charge is -2.26. The second-order valence-electron chi connectivity index (χ2n) is 10.5. The molecule has 3 aromatic rings. The molecular weight excluding hydrogens is 721 g/mol. The van der Waals surface area contributed by atoms with E-state index in [1.165, 1.54) is 19.3 Å². The Hall–Kier alpha value is -1.76. The van der Waals surface area contributed by atoms with Crippen LogP contribution in [0.5, 0.6) is 5.75 Å².